The van der Waals surface area contributed by atoms with Crippen molar-refractivity contribution in [2.24, 2.45) is 0 Å². The van der Waals surface area contributed by atoms with E-state index >= 15 is 0 Å². The molecule has 0 fully saturated rings. The van der Waals surface area contributed by atoms with Gasteiger partial charge in [0.25, 0.3) is 0 Å². The summed E-state index contributed by atoms with van der Waals surface area (Å²) < 4.78 is 2.90. The number of rotatable bonds is 6. The van der Waals surface area contributed by atoms with Gasteiger partial charge >= 0.3 is 0 Å². The zero-order valence-corrected chi connectivity index (χ0v) is 12.7. The van der Waals surface area contributed by atoms with Crippen molar-refractivity contribution in [3.05, 3.63) is 64.3 Å². The van der Waals surface area contributed by atoms with Crippen LogP contribution in [0.2, 0.25) is 0 Å². The minimum absolute atomic E-state index is 0.0797. The molecule has 0 radical (unpaired) electrons. The van der Waals surface area contributed by atoms with Gasteiger partial charge in [0.2, 0.25) is 0 Å². The average Bonchev–Trinajstić information content (AvgIpc) is 2.79. The second-order valence-corrected chi connectivity index (χ2v) is 5.27. The molecule has 19 heavy (non-hydrogen) atoms. The maximum absolute atomic E-state index is 12.0. The predicted octanol–water partition coefficient (Wildman–Crippen LogP) is 3.68. The fraction of sp³-hybridized carbons (Fsp3) is 0.200. The van der Waals surface area contributed by atoms with Crippen LogP contribution in [0.3, 0.4) is 0 Å². The normalized spacial score (nSPS) is 10.4. The Morgan fingerprint density at radius 3 is 2.79 bits per heavy atom. The standard InChI is InChI=1S/C15H15IN2O/c1-2-3-9-13(19)14-15(16)18(11-17-14)10-12-7-5-4-6-8-12/h2,4-8,11H,1,3,9-10H2. The van der Waals surface area contributed by atoms with Crippen LogP contribution >= 0.6 is 22.6 Å². The lowest BCUT2D eigenvalue weighted by atomic mass is 10.2. The number of carbonyl (C=O) groups excluding carboxylic acids is 1. The van der Waals surface area contributed by atoms with E-state index in [2.05, 4.69) is 46.3 Å². The van der Waals surface area contributed by atoms with Crippen molar-refractivity contribution in [1.82, 2.24) is 9.55 Å². The second kappa shape index (κ2) is 6.65. The molecule has 2 rings (SSSR count). The van der Waals surface area contributed by atoms with E-state index in [9.17, 15) is 4.79 Å². The number of imidazole rings is 1. The second-order valence-electron chi connectivity index (χ2n) is 4.25. The van der Waals surface area contributed by atoms with E-state index in [4.69, 9.17) is 0 Å². The molecular weight excluding hydrogens is 351 g/mol. The highest BCUT2D eigenvalue weighted by Gasteiger charge is 2.15. The maximum atomic E-state index is 12.0. The molecule has 98 valence electrons. The molecule has 0 aliphatic rings. The van der Waals surface area contributed by atoms with Gasteiger partial charge in [0.15, 0.2) is 5.78 Å². The number of halogens is 1. The number of ketones is 1. The summed E-state index contributed by atoms with van der Waals surface area (Å²) in [7, 11) is 0. The Morgan fingerprint density at radius 1 is 1.37 bits per heavy atom. The SMILES string of the molecule is C=CCCC(=O)c1ncn(Cc2ccccc2)c1I. The zero-order valence-electron chi connectivity index (χ0n) is 10.6. The molecule has 0 saturated carbocycles. The van der Waals surface area contributed by atoms with Crippen molar-refractivity contribution in [3.8, 4) is 0 Å². The Kier molecular flexibility index (Phi) is 4.90. The first-order valence-electron chi connectivity index (χ1n) is 6.11. The molecule has 0 bridgehead atoms. The summed E-state index contributed by atoms with van der Waals surface area (Å²) in [5.74, 6) is 0.0797. The van der Waals surface area contributed by atoms with E-state index < -0.39 is 0 Å². The number of hydrogen-bond donors (Lipinski definition) is 0. The first-order valence-corrected chi connectivity index (χ1v) is 7.19. The summed E-state index contributed by atoms with van der Waals surface area (Å²) in [5.41, 5.74) is 1.77. The summed E-state index contributed by atoms with van der Waals surface area (Å²) in [6.07, 6.45) is 4.66. The number of nitrogens with zero attached hydrogens (tertiary/aromatic N) is 2. The Hall–Kier alpha value is -1.43. The number of carbonyl (C=O) groups is 1. The summed E-state index contributed by atoms with van der Waals surface area (Å²) >= 11 is 2.18. The number of Topliss-reactive ketones (excluding diaryl/α,β-unsaturated/α-hetero) is 1. The number of hydrogen-bond acceptors (Lipinski definition) is 2. The average molecular weight is 366 g/mol. The lowest BCUT2D eigenvalue weighted by Crippen LogP contribution is -2.05. The van der Waals surface area contributed by atoms with E-state index in [0.29, 0.717) is 18.5 Å². The first-order chi connectivity index (χ1) is 9.22. The Labute approximate surface area is 126 Å². The highest BCUT2D eigenvalue weighted by atomic mass is 127. The van der Waals surface area contributed by atoms with Crippen LogP contribution in [0.5, 0.6) is 0 Å². The van der Waals surface area contributed by atoms with Crippen LogP contribution in [-0.2, 0) is 6.54 Å². The van der Waals surface area contributed by atoms with Gasteiger partial charge in [-0.3, -0.25) is 4.79 Å². The monoisotopic (exact) mass is 366 g/mol. The molecule has 1 aromatic heterocycles. The van der Waals surface area contributed by atoms with Gasteiger partial charge in [-0.1, -0.05) is 36.4 Å². The van der Waals surface area contributed by atoms with Crippen LogP contribution in [0.25, 0.3) is 0 Å². The summed E-state index contributed by atoms with van der Waals surface area (Å²) in [6, 6.07) is 10.1. The fourth-order valence-electron chi connectivity index (χ4n) is 1.80. The highest BCUT2D eigenvalue weighted by Crippen LogP contribution is 2.15. The fourth-order valence-corrected chi connectivity index (χ4v) is 2.53. The minimum Gasteiger partial charge on any atom is -0.321 e. The molecular formula is C15H15IN2O. The van der Waals surface area contributed by atoms with E-state index in [1.807, 2.05) is 22.8 Å². The van der Waals surface area contributed by atoms with Gasteiger partial charge in [0.05, 0.1) is 6.33 Å². The minimum atomic E-state index is 0.0797. The third-order valence-electron chi connectivity index (χ3n) is 2.81. The number of allylic oxidation sites excluding steroid dienone is 1. The maximum Gasteiger partial charge on any atom is 0.184 e. The summed E-state index contributed by atoms with van der Waals surface area (Å²) in [4.78, 5) is 16.2. The molecule has 0 N–H and O–H groups in total. The molecule has 1 heterocycles. The predicted molar refractivity (Wildman–Crippen MR) is 84.2 cm³/mol. The van der Waals surface area contributed by atoms with Crippen LogP contribution in [0.1, 0.15) is 28.9 Å². The third kappa shape index (κ3) is 3.53. The summed E-state index contributed by atoms with van der Waals surface area (Å²) in [5, 5.41) is 0. The smallest absolute Gasteiger partial charge is 0.184 e. The lowest BCUT2D eigenvalue weighted by Gasteiger charge is -2.04. The van der Waals surface area contributed by atoms with Crippen molar-refractivity contribution in [3.63, 3.8) is 0 Å². The zero-order chi connectivity index (χ0) is 13.7. The Balaban J connectivity index is 2.14. The lowest BCUT2D eigenvalue weighted by molar-refractivity contribution is 0.0978. The van der Waals surface area contributed by atoms with Gasteiger partial charge in [0.1, 0.15) is 9.39 Å². The Morgan fingerprint density at radius 2 is 2.11 bits per heavy atom. The highest BCUT2D eigenvalue weighted by molar-refractivity contribution is 14.1. The molecule has 0 aliphatic carbocycles. The number of benzene rings is 1. The van der Waals surface area contributed by atoms with Crippen LogP contribution in [0, 0.1) is 3.70 Å². The molecule has 0 unspecified atom stereocenters. The van der Waals surface area contributed by atoms with Crippen LogP contribution in [0.15, 0.2) is 49.3 Å². The molecule has 1 aromatic carbocycles. The van der Waals surface area contributed by atoms with E-state index in [1.54, 1.807) is 12.4 Å². The van der Waals surface area contributed by atoms with Gasteiger partial charge in [-0.15, -0.1) is 6.58 Å². The number of aromatic nitrogens is 2. The van der Waals surface area contributed by atoms with Gasteiger partial charge in [-0.05, 0) is 34.6 Å². The van der Waals surface area contributed by atoms with Gasteiger partial charge in [0, 0.05) is 13.0 Å². The molecule has 0 atom stereocenters. The third-order valence-corrected chi connectivity index (χ3v) is 3.94. The van der Waals surface area contributed by atoms with Crippen molar-refractivity contribution in [2.45, 2.75) is 19.4 Å². The largest absolute Gasteiger partial charge is 0.321 e. The molecule has 3 nitrogen and oxygen atoms in total. The van der Waals surface area contributed by atoms with Gasteiger partial charge in [-0.2, -0.15) is 0 Å². The van der Waals surface area contributed by atoms with Crippen LogP contribution < -0.4 is 0 Å². The van der Waals surface area contributed by atoms with Gasteiger partial charge < -0.3 is 4.57 Å². The van der Waals surface area contributed by atoms with Crippen LogP contribution in [0.4, 0.5) is 0 Å². The first kappa shape index (κ1) is 14.0. The molecule has 0 spiro atoms. The summed E-state index contributed by atoms with van der Waals surface area (Å²) in [6.45, 7) is 4.37. The van der Waals surface area contributed by atoms with Crippen molar-refractivity contribution in [2.75, 3.05) is 0 Å². The van der Waals surface area contributed by atoms with Crippen molar-refractivity contribution < 1.29 is 4.79 Å². The molecule has 0 amide bonds. The van der Waals surface area contributed by atoms with Gasteiger partial charge in [-0.25, -0.2) is 4.98 Å². The molecule has 2 aromatic rings. The molecule has 0 saturated heterocycles. The van der Waals surface area contributed by atoms with Crippen molar-refractivity contribution in [1.29, 1.82) is 0 Å². The molecule has 4 heteroatoms. The Bertz CT molecular complexity index is 575. The molecule has 0 aliphatic heterocycles. The topological polar surface area (TPSA) is 34.9 Å². The van der Waals surface area contributed by atoms with Crippen LogP contribution in [-0.4, -0.2) is 15.3 Å². The van der Waals surface area contributed by atoms with E-state index in [1.165, 1.54) is 5.56 Å². The van der Waals surface area contributed by atoms with E-state index in [-0.39, 0.29) is 5.78 Å². The van der Waals surface area contributed by atoms with E-state index in [0.717, 1.165) is 10.2 Å². The quantitative estimate of drug-likeness (QED) is 0.444. The van der Waals surface area contributed by atoms with Crippen molar-refractivity contribution >= 4 is 28.4 Å².